The molecule has 5 heteroatoms. The van der Waals surface area contributed by atoms with Gasteiger partial charge in [0, 0.05) is 17.8 Å². The minimum atomic E-state index is 0.238. The zero-order valence-electron chi connectivity index (χ0n) is 8.43. The highest BCUT2D eigenvalue weighted by Crippen LogP contribution is 2.24. The van der Waals surface area contributed by atoms with E-state index in [9.17, 15) is 0 Å². The van der Waals surface area contributed by atoms with Crippen molar-refractivity contribution in [3.8, 4) is 0 Å². The Labute approximate surface area is 97.7 Å². The van der Waals surface area contributed by atoms with E-state index in [4.69, 9.17) is 11.6 Å². The first-order valence-corrected chi connectivity index (χ1v) is 6.26. The minimum absolute atomic E-state index is 0.238. The summed E-state index contributed by atoms with van der Waals surface area (Å²) in [4.78, 5) is 4.48. The first-order chi connectivity index (χ1) is 7.35. The quantitative estimate of drug-likeness (QED) is 0.771. The third-order valence-electron chi connectivity index (χ3n) is 2.22. The van der Waals surface area contributed by atoms with Crippen molar-refractivity contribution in [3.05, 3.63) is 34.5 Å². The molecule has 0 aromatic carbocycles. The van der Waals surface area contributed by atoms with Gasteiger partial charge in [0.2, 0.25) is 0 Å². The van der Waals surface area contributed by atoms with Gasteiger partial charge in [-0.05, 0) is 12.5 Å². The maximum Gasteiger partial charge on any atom is 0.118 e. The fourth-order valence-corrected chi connectivity index (χ4v) is 2.70. The van der Waals surface area contributed by atoms with E-state index in [0.717, 1.165) is 17.1 Å². The van der Waals surface area contributed by atoms with Crippen LogP contribution in [0.2, 0.25) is 0 Å². The number of hydrogen-bond donors (Lipinski definition) is 0. The van der Waals surface area contributed by atoms with Crippen LogP contribution in [0.1, 0.15) is 30.1 Å². The molecule has 0 saturated heterocycles. The zero-order chi connectivity index (χ0) is 10.7. The van der Waals surface area contributed by atoms with Crippen LogP contribution in [0.25, 0.3) is 0 Å². The summed E-state index contributed by atoms with van der Waals surface area (Å²) in [6.45, 7) is 2.13. The van der Waals surface area contributed by atoms with Crippen LogP contribution in [0.4, 0.5) is 0 Å². The molecule has 1 atom stereocenters. The molecule has 0 amide bonds. The van der Waals surface area contributed by atoms with Gasteiger partial charge < -0.3 is 0 Å². The first kappa shape index (κ1) is 10.6. The Bertz CT molecular complexity index is 410. The molecule has 2 aromatic heterocycles. The van der Waals surface area contributed by atoms with Crippen LogP contribution in [0.15, 0.2) is 23.8 Å². The van der Waals surface area contributed by atoms with E-state index in [2.05, 4.69) is 17.0 Å². The summed E-state index contributed by atoms with van der Waals surface area (Å²) < 4.78 is 1.94. The van der Waals surface area contributed by atoms with Crippen LogP contribution in [0.5, 0.6) is 0 Å². The third-order valence-corrected chi connectivity index (χ3v) is 3.49. The highest BCUT2D eigenvalue weighted by atomic mass is 35.5. The lowest BCUT2D eigenvalue weighted by Gasteiger charge is -2.11. The van der Waals surface area contributed by atoms with Crippen molar-refractivity contribution in [2.45, 2.75) is 25.3 Å². The van der Waals surface area contributed by atoms with Crippen molar-refractivity contribution < 1.29 is 0 Å². The van der Waals surface area contributed by atoms with E-state index in [-0.39, 0.29) is 6.04 Å². The molecular formula is C10H12ClN3S. The predicted molar refractivity (Wildman–Crippen MR) is 62.3 cm³/mol. The standard InChI is InChI=1S/C10H12ClN3S/c1-2-9(14-5-3-4-12-14)10-13-8(6-11)7-15-10/h3-5,7,9H,2,6H2,1H3. The topological polar surface area (TPSA) is 30.7 Å². The molecule has 0 bridgehead atoms. The number of halogens is 1. The van der Waals surface area contributed by atoms with Crippen LogP contribution in [-0.4, -0.2) is 14.8 Å². The average molecular weight is 242 g/mol. The monoisotopic (exact) mass is 241 g/mol. The van der Waals surface area contributed by atoms with E-state index < -0.39 is 0 Å². The maximum atomic E-state index is 5.73. The fourth-order valence-electron chi connectivity index (χ4n) is 1.48. The molecule has 0 spiro atoms. The summed E-state index contributed by atoms with van der Waals surface area (Å²) in [6, 6.07) is 2.17. The van der Waals surface area contributed by atoms with Crippen molar-refractivity contribution in [2.24, 2.45) is 0 Å². The van der Waals surface area contributed by atoms with Crippen LogP contribution in [-0.2, 0) is 5.88 Å². The van der Waals surface area contributed by atoms with Crippen molar-refractivity contribution in [1.29, 1.82) is 0 Å². The molecule has 0 N–H and O–H groups in total. The summed E-state index contributed by atoms with van der Waals surface area (Å²) in [6.07, 6.45) is 4.74. The molecule has 80 valence electrons. The van der Waals surface area contributed by atoms with Crippen LogP contribution >= 0.6 is 22.9 Å². The van der Waals surface area contributed by atoms with Crippen molar-refractivity contribution >= 4 is 22.9 Å². The van der Waals surface area contributed by atoms with Gasteiger partial charge in [0.15, 0.2) is 0 Å². The molecule has 0 fully saturated rings. The van der Waals surface area contributed by atoms with E-state index in [1.165, 1.54) is 0 Å². The van der Waals surface area contributed by atoms with Gasteiger partial charge in [0.25, 0.3) is 0 Å². The average Bonchev–Trinajstić information content (AvgIpc) is 2.89. The van der Waals surface area contributed by atoms with Crippen LogP contribution < -0.4 is 0 Å². The molecule has 2 heterocycles. The van der Waals surface area contributed by atoms with Gasteiger partial charge in [-0.1, -0.05) is 6.92 Å². The summed E-state index contributed by atoms with van der Waals surface area (Å²) in [5.74, 6) is 0.478. The van der Waals surface area contributed by atoms with Crippen molar-refractivity contribution in [3.63, 3.8) is 0 Å². The highest BCUT2D eigenvalue weighted by molar-refractivity contribution is 7.09. The van der Waals surface area contributed by atoms with Crippen molar-refractivity contribution in [2.75, 3.05) is 0 Å². The van der Waals surface area contributed by atoms with E-state index in [1.807, 2.05) is 22.3 Å². The maximum absolute atomic E-state index is 5.73. The van der Waals surface area contributed by atoms with E-state index in [0.29, 0.717) is 5.88 Å². The smallest absolute Gasteiger partial charge is 0.118 e. The largest absolute Gasteiger partial charge is 0.263 e. The van der Waals surface area contributed by atoms with E-state index in [1.54, 1.807) is 17.5 Å². The molecular weight excluding hydrogens is 230 g/mol. The number of hydrogen-bond acceptors (Lipinski definition) is 3. The number of rotatable bonds is 4. The summed E-state index contributed by atoms with van der Waals surface area (Å²) in [5, 5.41) is 7.34. The van der Waals surface area contributed by atoms with Crippen LogP contribution in [0, 0.1) is 0 Å². The Hall–Kier alpha value is -0.870. The summed E-state index contributed by atoms with van der Waals surface area (Å²) >= 11 is 7.38. The normalized spacial score (nSPS) is 12.9. The molecule has 15 heavy (non-hydrogen) atoms. The number of alkyl halides is 1. The highest BCUT2D eigenvalue weighted by Gasteiger charge is 2.15. The molecule has 0 aliphatic carbocycles. The number of thiazole rings is 1. The number of aromatic nitrogens is 3. The summed E-state index contributed by atoms with van der Waals surface area (Å²) in [5.41, 5.74) is 0.947. The van der Waals surface area contributed by atoms with Crippen molar-refractivity contribution in [1.82, 2.24) is 14.8 Å². The summed E-state index contributed by atoms with van der Waals surface area (Å²) in [7, 11) is 0. The van der Waals surface area contributed by atoms with Gasteiger partial charge in [0.05, 0.1) is 11.6 Å². The van der Waals surface area contributed by atoms with Gasteiger partial charge in [-0.3, -0.25) is 4.68 Å². The Morgan fingerprint density at radius 2 is 2.47 bits per heavy atom. The second kappa shape index (κ2) is 4.77. The molecule has 1 unspecified atom stereocenters. The second-order valence-corrected chi connectivity index (χ2v) is 4.38. The Balaban J connectivity index is 2.27. The molecule has 0 aliphatic rings. The SMILES string of the molecule is CCC(c1nc(CCl)cs1)n1cccn1. The molecule has 0 saturated carbocycles. The predicted octanol–water partition coefficient (Wildman–Crippen LogP) is 3.08. The molecule has 3 nitrogen and oxygen atoms in total. The molecule has 2 aromatic rings. The fraction of sp³-hybridized carbons (Fsp3) is 0.400. The molecule has 2 rings (SSSR count). The van der Waals surface area contributed by atoms with Gasteiger partial charge in [-0.25, -0.2) is 4.98 Å². The van der Waals surface area contributed by atoms with E-state index >= 15 is 0 Å². The Morgan fingerprint density at radius 3 is 3.00 bits per heavy atom. The van der Waals surface area contributed by atoms with Gasteiger partial charge in [-0.2, -0.15) is 5.10 Å². The Morgan fingerprint density at radius 1 is 1.60 bits per heavy atom. The lowest BCUT2D eigenvalue weighted by Crippen LogP contribution is -2.09. The minimum Gasteiger partial charge on any atom is -0.263 e. The lowest BCUT2D eigenvalue weighted by atomic mass is 10.2. The lowest BCUT2D eigenvalue weighted by molar-refractivity contribution is 0.506. The number of nitrogens with zero attached hydrogens (tertiary/aromatic N) is 3. The molecule has 0 radical (unpaired) electrons. The zero-order valence-corrected chi connectivity index (χ0v) is 10.0. The second-order valence-electron chi connectivity index (χ2n) is 3.22. The first-order valence-electron chi connectivity index (χ1n) is 4.84. The molecule has 0 aliphatic heterocycles. The van der Waals surface area contributed by atoms with Gasteiger partial charge >= 0.3 is 0 Å². The van der Waals surface area contributed by atoms with Gasteiger partial charge in [0.1, 0.15) is 11.0 Å². The Kier molecular flexibility index (Phi) is 3.38. The van der Waals surface area contributed by atoms with Crippen LogP contribution in [0.3, 0.4) is 0 Å². The third kappa shape index (κ3) is 2.21. The van der Waals surface area contributed by atoms with Gasteiger partial charge in [-0.15, -0.1) is 22.9 Å².